The zero-order valence-electron chi connectivity index (χ0n) is 35.2. The summed E-state index contributed by atoms with van der Waals surface area (Å²) >= 11 is 0. The van der Waals surface area contributed by atoms with Gasteiger partial charge in [0.2, 0.25) is 0 Å². The number of piperidine rings is 2. The fourth-order valence-corrected chi connectivity index (χ4v) is 11.5. The molecule has 330 valence electrons. The first-order valence-electron chi connectivity index (χ1n) is 20.5. The summed E-state index contributed by atoms with van der Waals surface area (Å²) in [6.45, 7) is 6.68. The van der Waals surface area contributed by atoms with Crippen LogP contribution in [0.1, 0.15) is 96.6 Å². The van der Waals surface area contributed by atoms with Crippen LogP contribution in [-0.4, -0.2) is 106 Å². The van der Waals surface area contributed by atoms with Crippen LogP contribution >= 0.6 is 0 Å². The quantitative estimate of drug-likeness (QED) is 0.133. The molecular weight excluding hydrogens is 908 g/mol. The van der Waals surface area contributed by atoms with Gasteiger partial charge in [0.05, 0.1) is 63.2 Å². The van der Waals surface area contributed by atoms with Gasteiger partial charge in [-0.05, 0) is 47.2 Å². The second-order valence-corrected chi connectivity index (χ2v) is 17.6. The molecule has 4 saturated heterocycles. The first-order valence-corrected chi connectivity index (χ1v) is 20.5. The number of halogens is 2. The molecule has 4 unspecified atom stereocenters. The first kappa shape index (κ1) is 48.8. The van der Waals surface area contributed by atoms with Crippen LogP contribution in [-0.2, 0) is 41.6 Å². The number of fused-ring (bicyclic) bond motifs is 4. The van der Waals surface area contributed by atoms with Crippen molar-refractivity contribution in [3.63, 3.8) is 0 Å². The standard InChI is InChI=1S/C44H56N2O12.2BrH/c1-26(47)55-38-13-7-30(19-40(38)57-28(3)49)15-17-45(5)34-9-10-35(45)22-32(21-34)44(43(53)54,25-42(51)52)33-23-36-11-12-37(24-33)46(36,6)18-16-31-8-14-39(56-27(2)48)41(20-31)58-29(4)50;;/h7-8,13-14,19-20,32-37H,9-12,15-18,21-25H2,1-6H3;2*1H/t32?,33?,34-,35+,36-,37+,44?,45?,46?;;. The van der Waals surface area contributed by atoms with E-state index in [0.717, 1.165) is 58.9 Å². The number of carboxylic acid groups (broad SMARTS) is 2. The minimum Gasteiger partial charge on any atom is -1.00 e. The Morgan fingerprint density at radius 3 is 1.17 bits per heavy atom. The average Bonchev–Trinajstić information content (AvgIpc) is 3.36. The molecule has 8 atom stereocenters. The van der Waals surface area contributed by atoms with Crippen molar-refractivity contribution in [1.82, 2.24) is 0 Å². The number of carboxylic acids is 2. The lowest BCUT2D eigenvalue weighted by Crippen LogP contribution is -3.00. The summed E-state index contributed by atoms with van der Waals surface area (Å²) in [4.78, 5) is 73.4. The van der Waals surface area contributed by atoms with Crippen molar-refractivity contribution in [2.75, 3.05) is 27.2 Å². The fourth-order valence-electron chi connectivity index (χ4n) is 11.5. The van der Waals surface area contributed by atoms with Gasteiger partial charge in [-0.3, -0.25) is 28.8 Å². The Labute approximate surface area is 372 Å². The van der Waals surface area contributed by atoms with E-state index in [-0.39, 0.29) is 93.0 Å². The van der Waals surface area contributed by atoms with Gasteiger partial charge in [-0.15, -0.1) is 0 Å². The fraction of sp³-hybridized carbons (Fsp3) is 0.591. The molecule has 6 rings (SSSR count). The average molecular weight is 967 g/mol. The second-order valence-electron chi connectivity index (χ2n) is 17.6. The summed E-state index contributed by atoms with van der Waals surface area (Å²) in [5.41, 5.74) is 0.448. The van der Waals surface area contributed by atoms with E-state index in [1.165, 1.54) is 27.7 Å². The Morgan fingerprint density at radius 2 is 0.883 bits per heavy atom. The van der Waals surface area contributed by atoms with Gasteiger partial charge in [0.15, 0.2) is 23.0 Å². The third-order valence-corrected chi connectivity index (χ3v) is 14.3. The van der Waals surface area contributed by atoms with Crippen LogP contribution in [0.3, 0.4) is 0 Å². The van der Waals surface area contributed by atoms with Crippen molar-refractivity contribution in [2.24, 2.45) is 17.3 Å². The highest BCUT2D eigenvalue weighted by Gasteiger charge is 2.64. The monoisotopic (exact) mass is 964 g/mol. The molecule has 4 heterocycles. The number of hydrogen-bond acceptors (Lipinski definition) is 10. The normalized spacial score (nSPS) is 28.5. The van der Waals surface area contributed by atoms with Gasteiger partial charge in [-0.1, -0.05) is 12.1 Å². The number of nitrogens with zero attached hydrogens (tertiary/aromatic N) is 2. The maximum Gasteiger partial charge on any atom is 0.310 e. The van der Waals surface area contributed by atoms with Crippen molar-refractivity contribution in [3.8, 4) is 23.0 Å². The minimum absolute atomic E-state index is 0. The van der Waals surface area contributed by atoms with Crippen LogP contribution in [0.15, 0.2) is 36.4 Å². The Balaban J connectivity index is 0.00000397. The van der Waals surface area contributed by atoms with Crippen molar-refractivity contribution < 1.29 is 101 Å². The highest BCUT2D eigenvalue weighted by Crippen LogP contribution is 2.58. The number of benzene rings is 2. The summed E-state index contributed by atoms with van der Waals surface area (Å²) < 4.78 is 22.8. The number of aliphatic carboxylic acids is 2. The molecule has 0 spiro atoms. The van der Waals surface area contributed by atoms with Crippen LogP contribution < -0.4 is 52.9 Å². The maximum absolute atomic E-state index is 13.8. The third-order valence-electron chi connectivity index (χ3n) is 14.3. The number of rotatable bonds is 15. The molecular formula is C44H58Br2N2O12. The molecule has 4 fully saturated rings. The van der Waals surface area contributed by atoms with Crippen LogP contribution in [0.4, 0.5) is 0 Å². The zero-order chi connectivity index (χ0) is 42.2. The molecule has 14 nitrogen and oxygen atoms in total. The minimum atomic E-state index is -1.39. The largest absolute Gasteiger partial charge is 1.00 e. The number of quaternary nitrogens is 2. The zero-order valence-corrected chi connectivity index (χ0v) is 38.4. The highest BCUT2D eigenvalue weighted by molar-refractivity contribution is 5.82. The summed E-state index contributed by atoms with van der Waals surface area (Å²) in [5, 5.41) is 21.6. The summed E-state index contributed by atoms with van der Waals surface area (Å²) in [6.07, 6.45) is 7.25. The summed E-state index contributed by atoms with van der Waals surface area (Å²) in [6, 6.07) is 11.2. The molecule has 60 heavy (non-hydrogen) atoms. The molecule has 16 heteroatoms. The van der Waals surface area contributed by atoms with E-state index < -0.39 is 47.7 Å². The maximum atomic E-state index is 13.8. The van der Waals surface area contributed by atoms with E-state index >= 15 is 0 Å². The second kappa shape index (κ2) is 19.5. The van der Waals surface area contributed by atoms with Gasteiger partial charge in [0, 0.05) is 91.9 Å². The number of esters is 4. The van der Waals surface area contributed by atoms with Crippen LogP contribution in [0.5, 0.6) is 23.0 Å². The lowest BCUT2D eigenvalue weighted by molar-refractivity contribution is -0.951. The van der Waals surface area contributed by atoms with Gasteiger partial charge in [-0.2, -0.15) is 0 Å². The number of hydrogen-bond donors (Lipinski definition) is 2. The molecule has 4 aliphatic rings. The van der Waals surface area contributed by atoms with E-state index in [4.69, 9.17) is 18.9 Å². The van der Waals surface area contributed by atoms with Gasteiger partial charge in [0.1, 0.15) is 0 Å². The Morgan fingerprint density at radius 1 is 0.567 bits per heavy atom. The molecule has 0 radical (unpaired) electrons. The van der Waals surface area contributed by atoms with Gasteiger partial charge < -0.3 is 72.1 Å². The summed E-state index contributed by atoms with van der Waals surface area (Å²) in [7, 11) is 4.47. The number of carbonyl (C=O) groups is 6. The molecule has 0 amide bonds. The number of ether oxygens (including phenoxy) is 4. The van der Waals surface area contributed by atoms with Crippen LogP contribution in [0, 0.1) is 17.3 Å². The molecule has 4 bridgehead atoms. The van der Waals surface area contributed by atoms with Crippen LogP contribution in [0.25, 0.3) is 0 Å². The first-order chi connectivity index (χ1) is 27.3. The molecule has 2 N–H and O–H groups in total. The van der Waals surface area contributed by atoms with Gasteiger partial charge in [0.25, 0.3) is 0 Å². The van der Waals surface area contributed by atoms with Gasteiger partial charge >= 0.3 is 35.8 Å². The lowest BCUT2D eigenvalue weighted by atomic mass is 9.57. The van der Waals surface area contributed by atoms with Gasteiger partial charge in [-0.25, -0.2) is 0 Å². The Bertz CT molecular complexity index is 1820. The number of likely N-dealkylation sites (N-methyl/N-ethyl adjacent to an activating group) is 2. The van der Waals surface area contributed by atoms with E-state index in [0.29, 0.717) is 38.5 Å². The predicted octanol–water partition coefficient (Wildman–Crippen LogP) is -0.498. The molecule has 0 aromatic heterocycles. The van der Waals surface area contributed by atoms with Crippen molar-refractivity contribution in [1.29, 1.82) is 0 Å². The van der Waals surface area contributed by atoms with E-state index in [1.54, 1.807) is 24.3 Å². The van der Waals surface area contributed by atoms with E-state index in [1.807, 2.05) is 12.1 Å². The molecule has 0 aliphatic carbocycles. The third kappa shape index (κ3) is 10.1. The smallest absolute Gasteiger partial charge is 0.310 e. The topological polar surface area (TPSA) is 180 Å². The highest BCUT2D eigenvalue weighted by atomic mass is 79.9. The molecule has 4 aliphatic heterocycles. The van der Waals surface area contributed by atoms with E-state index in [2.05, 4.69) is 14.1 Å². The Hall–Kier alpha value is -3.86. The molecule has 2 aromatic carbocycles. The van der Waals surface area contributed by atoms with Crippen molar-refractivity contribution in [2.45, 2.75) is 122 Å². The lowest BCUT2D eigenvalue weighted by Gasteiger charge is -2.55. The van der Waals surface area contributed by atoms with Crippen molar-refractivity contribution in [3.05, 3.63) is 47.5 Å². The van der Waals surface area contributed by atoms with Crippen molar-refractivity contribution >= 4 is 35.8 Å². The van der Waals surface area contributed by atoms with E-state index in [9.17, 15) is 39.0 Å². The number of carbonyl (C=O) groups excluding carboxylic acids is 4. The van der Waals surface area contributed by atoms with Crippen LogP contribution in [0.2, 0.25) is 0 Å². The Kier molecular flexibility index (Phi) is 15.8. The summed E-state index contributed by atoms with van der Waals surface area (Å²) in [5.74, 6) is -4.00. The molecule has 0 saturated carbocycles. The SMILES string of the molecule is CC(=O)Oc1ccc(CC[N+]2(C)[C@@H]3CC[C@H]2CC(C(CC(=O)O)(C(=O)O)C2C[C@H]4CC[C@@H](C2)[N+]4(C)CCc2ccc(OC(C)=O)c(OC(C)=O)c2)C3)cc1OC(C)=O.[Br-].[Br-]. The predicted molar refractivity (Wildman–Crippen MR) is 209 cm³/mol. The molecule has 2 aromatic rings.